The summed E-state index contributed by atoms with van der Waals surface area (Å²) in [4.78, 5) is 0. The van der Waals surface area contributed by atoms with Crippen LogP contribution in [0.25, 0.3) is 0 Å². The Balaban J connectivity index is 0.000000249. The topological polar surface area (TPSA) is 9.23 Å². The van der Waals surface area contributed by atoms with Gasteiger partial charge in [-0.15, -0.1) is 0 Å². The molecule has 0 aromatic heterocycles. The summed E-state index contributed by atoms with van der Waals surface area (Å²) in [7, 11) is -1.59. The Morgan fingerprint density at radius 2 is 0.429 bits per heavy atom. The second kappa shape index (κ2) is 32.5. The Kier molecular flexibility index (Phi) is 25.6. The molecule has 29 heteroatoms. The van der Waals surface area contributed by atoms with Gasteiger partial charge < -0.3 is 4.74 Å². The second-order valence-corrected chi connectivity index (χ2v) is 27.7. The van der Waals surface area contributed by atoms with Crippen LogP contribution in [0.1, 0.15) is 58.4 Å². The molecule has 1 aliphatic carbocycles. The molecule has 0 amide bonds. The normalized spacial score (nSPS) is 13.9. The standard InChI is InChI=1S/C36H28OP2.C32H12BF24.C8H10.Rh/c1-5-17-29(18-6-1)38(30-19-7-2-8-20-30)35-27-15-13-25-33(35)37-34-26-14-16-28-36(34)39(31-21-9-3-10-22-31)32-23-11-4-12-24-32;34-25(35,36)13-1-14(26(37,38)39)6-21(5-13)33(22-7-15(27(40,41)42)2-16(8-22)28(43,44)45,23-9-17(29(46,47)48)3-18(10-23)30(49,50)51)24-11-19(31(52,53)54)4-20(12-24)32(55,56)57;1-7-5-3-4-6-8(7)2;/h1-28H;1-12H;3-6H,1-2H3;/q;-1;;. The van der Waals surface area contributed by atoms with Gasteiger partial charge >= 0.3 is 49.4 Å². The minimum atomic E-state index is -6.13. The smallest absolute Gasteiger partial charge is 0.416 e. The molecule has 0 spiro atoms. The molecule has 0 unspecified atom stereocenters. The van der Waals surface area contributed by atoms with Gasteiger partial charge in [-0.2, -0.15) is 127 Å². The van der Waals surface area contributed by atoms with Crippen LogP contribution in [0.3, 0.4) is 0 Å². The van der Waals surface area contributed by atoms with Crippen molar-refractivity contribution in [3.8, 4) is 11.5 Å². The van der Waals surface area contributed by atoms with Gasteiger partial charge in [0.2, 0.25) is 0 Å². The SMILES string of the molecule is C[C]1[CH][CH][CH][CH][C]1C.FC(F)(F)c1cc([B-](c2cc(C(F)(F)F)cc(C(F)(F)F)c2)(c2cc(C(F)(F)F)cc(C(F)(F)F)c2)c2cc(C(F)(F)F)cc(C(F)(F)F)c2)cc(C(F)(F)F)c1.[Rh].c1ccc(P(c2ccccc2)c2ccccc2Oc2ccccc2P(c2ccccc2)c2ccccc2)cc1. The van der Waals surface area contributed by atoms with Gasteiger partial charge in [-0.05, 0) is 111 Å². The van der Waals surface area contributed by atoms with Crippen molar-refractivity contribution in [1.82, 2.24) is 0 Å². The van der Waals surface area contributed by atoms with Gasteiger partial charge in [0.25, 0.3) is 0 Å². The first-order valence-electron chi connectivity index (χ1n) is 30.5. The van der Waals surface area contributed by atoms with Gasteiger partial charge in [0.05, 0.1) is 44.5 Å². The molecule has 1 nitrogen and oxygen atoms in total. The van der Waals surface area contributed by atoms with E-state index in [2.05, 4.69) is 209 Å². The fraction of sp³-hybridized carbons (Fsp3) is 0.132. The van der Waals surface area contributed by atoms with Crippen LogP contribution in [0.4, 0.5) is 105 Å². The fourth-order valence-corrected chi connectivity index (χ4v) is 16.2. The van der Waals surface area contributed by atoms with Gasteiger partial charge in [0.15, 0.2) is 0 Å². The first-order chi connectivity index (χ1) is 48.4. The number of para-hydroxylation sites is 2. The van der Waals surface area contributed by atoms with E-state index in [4.69, 9.17) is 4.74 Å². The molecular weight excluding hydrogens is 1560 g/mol. The van der Waals surface area contributed by atoms with Crippen LogP contribution in [0, 0.1) is 37.5 Å². The van der Waals surface area contributed by atoms with Crippen LogP contribution in [-0.4, -0.2) is 6.15 Å². The number of hydrogen-bond acceptors (Lipinski definition) is 1. The summed E-state index contributed by atoms with van der Waals surface area (Å²) in [5.41, 5.74) is -30.2. The maximum Gasteiger partial charge on any atom is 0.416 e. The van der Waals surface area contributed by atoms with E-state index < -0.39 is 211 Å². The molecule has 10 aromatic carbocycles. The van der Waals surface area contributed by atoms with E-state index in [1.165, 1.54) is 43.7 Å². The predicted octanol–water partition coefficient (Wildman–Crippen LogP) is 20.2. The van der Waals surface area contributed by atoms with E-state index in [9.17, 15) is 105 Å². The molecule has 0 saturated heterocycles. The number of alkyl halides is 24. The monoisotopic (exact) mass is 1610 g/mol. The van der Waals surface area contributed by atoms with Crippen molar-refractivity contribution in [2.75, 3.05) is 0 Å². The van der Waals surface area contributed by atoms with Crippen LogP contribution in [0.5, 0.6) is 11.5 Å². The van der Waals surface area contributed by atoms with Gasteiger partial charge in [-0.3, -0.25) is 0 Å². The number of ether oxygens (including phenoxy) is 1. The number of hydrogen-bond donors (Lipinski definition) is 0. The van der Waals surface area contributed by atoms with Crippen LogP contribution in [0.2, 0.25) is 0 Å². The van der Waals surface area contributed by atoms with E-state index in [1.54, 1.807) is 0 Å². The molecule has 0 heterocycles. The van der Waals surface area contributed by atoms with Crippen molar-refractivity contribution in [1.29, 1.82) is 0 Å². The summed E-state index contributed by atoms with van der Waals surface area (Å²) < 4.78 is 348. The summed E-state index contributed by atoms with van der Waals surface area (Å²) in [5.74, 6) is 4.54. The molecule has 1 aliphatic rings. The molecule has 7 radical (unpaired) electrons. The summed E-state index contributed by atoms with van der Waals surface area (Å²) in [5, 5.41) is 7.64. The molecule has 551 valence electrons. The molecule has 11 rings (SSSR count). The predicted molar refractivity (Wildman–Crippen MR) is 355 cm³/mol. The zero-order valence-corrected chi connectivity index (χ0v) is 57.1. The van der Waals surface area contributed by atoms with Crippen molar-refractivity contribution < 1.29 is 130 Å². The average molecular weight is 1610 g/mol. The summed E-state index contributed by atoms with van der Waals surface area (Å²) >= 11 is 0. The van der Waals surface area contributed by atoms with E-state index >= 15 is 0 Å². The Morgan fingerprint density at radius 3 is 0.610 bits per heavy atom. The zero-order chi connectivity index (χ0) is 76.2. The van der Waals surface area contributed by atoms with Crippen molar-refractivity contribution >= 4 is 75.7 Å². The van der Waals surface area contributed by atoms with Crippen LogP contribution in [0.15, 0.2) is 243 Å². The van der Waals surface area contributed by atoms with Gasteiger partial charge in [-0.25, -0.2) is 0 Å². The molecular formula is C76H50BF24OP2Rh-. The van der Waals surface area contributed by atoms with E-state index in [0.29, 0.717) is 0 Å². The van der Waals surface area contributed by atoms with Gasteiger partial charge in [0, 0.05) is 30.1 Å². The Labute approximate surface area is 601 Å². The maximum atomic E-state index is 14.2. The van der Waals surface area contributed by atoms with Gasteiger partial charge in [-0.1, -0.05) is 220 Å². The summed E-state index contributed by atoms with van der Waals surface area (Å²) in [6.45, 7) is 4.24. The second-order valence-electron chi connectivity index (χ2n) is 23.4. The Bertz CT molecular complexity index is 3890. The van der Waals surface area contributed by atoms with E-state index in [1.807, 2.05) is 0 Å². The minimum absolute atomic E-state index is 0. The molecule has 0 N–H and O–H groups in total. The van der Waals surface area contributed by atoms with Crippen molar-refractivity contribution in [3.05, 3.63) is 325 Å². The number of rotatable bonds is 12. The van der Waals surface area contributed by atoms with Crippen LogP contribution in [-0.2, 0) is 68.9 Å². The first kappa shape index (κ1) is 82.5. The largest absolute Gasteiger partial charge is 0.456 e. The van der Waals surface area contributed by atoms with Crippen molar-refractivity contribution in [2.24, 2.45) is 0 Å². The van der Waals surface area contributed by atoms with E-state index in [-0.39, 0.29) is 19.5 Å². The third kappa shape index (κ3) is 20.1. The third-order valence-corrected chi connectivity index (χ3v) is 21.3. The first-order valence-corrected chi connectivity index (χ1v) is 33.2. The quantitative estimate of drug-likeness (QED) is 0.0673. The Hall–Kier alpha value is -8.13. The van der Waals surface area contributed by atoms with Crippen molar-refractivity contribution in [2.45, 2.75) is 63.3 Å². The molecule has 1 fully saturated rings. The number of benzene rings is 10. The minimum Gasteiger partial charge on any atom is -0.456 e. The molecule has 0 atom stereocenters. The molecule has 0 bridgehead atoms. The molecule has 1 saturated carbocycles. The average Bonchev–Trinajstić information content (AvgIpc) is 0.707. The number of halogens is 24. The van der Waals surface area contributed by atoms with E-state index in [0.717, 1.165) is 11.5 Å². The molecule has 0 aliphatic heterocycles. The van der Waals surface area contributed by atoms with Crippen LogP contribution < -0.4 is 58.4 Å². The Morgan fingerprint density at radius 1 is 0.248 bits per heavy atom. The van der Waals surface area contributed by atoms with Crippen molar-refractivity contribution in [3.63, 3.8) is 0 Å². The third-order valence-electron chi connectivity index (χ3n) is 16.4. The van der Waals surface area contributed by atoms with Crippen LogP contribution >= 0.6 is 15.8 Å². The summed E-state index contributed by atoms with van der Waals surface area (Å²) in [6.07, 6.45) is -46.4. The molecule has 10 aromatic rings. The fourth-order valence-electron chi connectivity index (χ4n) is 11.5. The summed E-state index contributed by atoms with van der Waals surface area (Å²) in [6, 6.07) is 51.4. The maximum absolute atomic E-state index is 14.2. The van der Waals surface area contributed by atoms with Gasteiger partial charge in [0.1, 0.15) is 17.6 Å². The zero-order valence-electron chi connectivity index (χ0n) is 53.7. The molecule has 105 heavy (non-hydrogen) atoms.